The predicted molar refractivity (Wildman–Crippen MR) is 86.5 cm³/mol. The van der Waals surface area contributed by atoms with Gasteiger partial charge in [0.2, 0.25) is 5.82 Å². The Morgan fingerprint density at radius 3 is 2.60 bits per heavy atom. The maximum atomic E-state index is 12.7. The molecule has 1 aromatic carbocycles. The van der Waals surface area contributed by atoms with Gasteiger partial charge >= 0.3 is 6.18 Å². The highest BCUT2D eigenvalue weighted by Gasteiger charge is 2.35. The molecule has 1 atom stereocenters. The molecular weight excluding hydrogens is 353 g/mol. The largest absolute Gasteiger partial charge is 0.451 e. The van der Waals surface area contributed by atoms with Crippen LogP contribution in [0.1, 0.15) is 28.7 Å². The van der Waals surface area contributed by atoms with E-state index in [1.165, 1.54) is 12.4 Å². The van der Waals surface area contributed by atoms with Gasteiger partial charge in [-0.1, -0.05) is 17.7 Å². The molecule has 0 radical (unpaired) electrons. The van der Waals surface area contributed by atoms with Gasteiger partial charge in [0.1, 0.15) is 0 Å². The van der Waals surface area contributed by atoms with Gasteiger partial charge in [0.25, 0.3) is 0 Å². The molecule has 1 unspecified atom stereocenters. The van der Waals surface area contributed by atoms with Crippen LogP contribution in [-0.4, -0.2) is 14.5 Å². The minimum absolute atomic E-state index is 0.347. The zero-order chi connectivity index (χ0) is 17.6. The molecule has 4 rings (SSSR count). The van der Waals surface area contributed by atoms with E-state index in [4.69, 9.17) is 11.6 Å². The molecule has 3 heterocycles. The molecule has 0 bridgehead atoms. The van der Waals surface area contributed by atoms with Crippen molar-refractivity contribution in [2.45, 2.75) is 18.8 Å². The van der Waals surface area contributed by atoms with Crippen molar-refractivity contribution in [2.75, 3.05) is 0 Å². The SMILES string of the molecule is FC(F)(F)c1ncc(C2NCc3c(Cl)cccc3-n3cccc32)cn1. The Kier molecular flexibility index (Phi) is 3.77. The van der Waals surface area contributed by atoms with E-state index >= 15 is 0 Å². The summed E-state index contributed by atoms with van der Waals surface area (Å²) in [5.74, 6) is -1.15. The van der Waals surface area contributed by atoms with E-state index in [1.54, 1.807) is 0 Å². The standard InChI is InChI=1S/C17H12ClF3N4/c18-12-3-1-4-13-11(12)9-22-15(14-5-2-6-25(13)14)10-7-23-16(24-8-10)17(19,20)21/h1-8,15,22H,9H2. The molecule has 128 valence electrons. The highest BCUT2D eigenvalue weighted by molar-refractivity contribution is 6.31. The average Bonchev–Trinajstić information content (AvgIpc) is 2.99. The monoisotopic (exact) mass is 364 g/mol. The van der Waals surface area contributed by atoms with Crippen LogP contribution in [0.2, 0.25) is 5.02 Å². The number of nitrogens with one attached hydrogen (secondary N) is 1. The molecular formula is C17H12ClF3N4. The summed E-state index contributed by atoms with van der Waals surface area (Å²) in [7, 11) is 0. The summed E-state index contributed by atoms with van der Waals surface area (Å²) in [6.07, 6.45) is -0.236. The fourth-order valence-electron chi connectivity index (χ4n) is 3.03. The molecule has 1 N–H and O–H groups in total. The fourth-order valence-corrected chi connectivity index (χ4v) is 3.26. The number of rotatable bonds is 1. The summed E-state index contributed by atoms with van der Waals surface area (Å²) >= 11 is 6.31. The number of hydrogen-bond donors (Lipinski definition) is 1. The molecule has 8 heteroatoms. The van der Waals surface area contributed by atoms with Crippen LogP contribution in [0.4, 0.5) is 13.2 Å². The van der Waals surface area contributed by atoms with Crippen molar-refractivity contribution in [3.8, 4) is 5.69 Å². The number of alkyl halides is 3. The van der Waals surface area contributed by atoms with Crippen molar-refractivity contribution < 1.29 is 13.2 Å². The van der Waals surface area contributed by atoms with Gasteiger partial charge in [0, 0.05) is 47.0 Å². The molecule has 0 aliphatic carbocycles. The topological polar surface area (TPSA) is 42.7 Å². The molecule has 0 amide bonds. The fraction of sp³-hybridized carbons (Fsp3) is 0.176. The molecule has 0 saturated carbocycles. The molecule has 0 fully saturated rings. The zero-order valence-electron chi connectivity index (χ0n) is 12.8. The van der Waals surface area contributed by atoms with Crippen LogP contribution in [0.15, 0.2) is 48.9 Å². The van der Waals surface area contributed by atoms with Crippen LogP contribution in [-0.2, 0) is 12.7 Å². The number of halogens is 4. The van der Waals surface area contributed by atoms with Gasteiger partial charge in [-0.3, -0.25) is 0 Å². The maximum absolute atomic E-state index is 12.7. The number of fused-ring (bicyclic) bond motifs is 3. The van der Waals surface area contributed by atoms with Gasteiger partial charge in [0.15, 0.2) is 0 Å². The lowest BCUT2D eigenvalue weighted by Crippen LogP contribution is -2.22. The predicted octanol–water partition coefficient (Wildman–Crippen LogP) is 4.13. The second kappa shape index (κ2) is 5.86. The van der Waals surface area contributed by atoms with E-state index in [2.05, 4.69) is 15.3 Å². The second-order valence-corrected chi connectivity index (χ2v) is 6.10. The van der Waals surface area contributed by atoms with Gasteiger partial charge in [0.05, 0.1) is 11.7 Å². The molecule has 3 aromatic rings. The minimum atomic E-state index is -4.56. The lowest BCUT2D eigenvalue weighted by Gasteiger charge is -2.17. The van der Waals surface area contributed by atoms with E-state index in [0.717, 1.165) is 16.9 Å². The molecule has 0 saturated heterocycles. The van der Waals surface area contributed by atoms with Crippen LogP contribution < -0.4 is 5.32 Å². The lowest BCUT2D eigenvalue weighted by molar-refractivity contribution is -0.145. The van der Waals surface area contributed by atoms with Gasteiger partial charge in [-0.25, -0.2) is 9.97 Å². The molecule has 4 nitrogen and oxygen atoms in total. The van der Waals surface area contributed by atoms with Crippen molar-refractivity contribution >= 4 is 11.6 Å². The van der Waals surface area contributed by atoms with Gasteiger partial charge < -0.3 is 9.88 Å². The summed E-state index contributed by atoms with van der Waals surface area (Å²) in [6.45, 7) is 0.475. The first-order chi connectivity index (χ1) is 11.9. The summed E-state index contributed by atoms with van der Waals surface area (Å²) in [5.41, 5.74) is 3.30. The number of benzene rings is 1. The first-order valence-corrected chi connectivity index (χ1v) is 7.90. The molecule has 1 aliphatic rings. The van der Waals surface area contributed by atoms with Crippen molar-refractivity contribution in [3.05, 3.63) is 76.6 Å². The summed E-state index contributed by atoms with van der Waals surface area (Å²) in [5, 5.41) is 3.96. The highest BCUT2D eigenvalue weighted by Crippen LogP contribution is 2.33. The van der Waals surface area contributed by atoms with Gasteiger partial charge in [-0.2, -0.15) is 13.2 Å². The average molecular weight is 365 g/mol. The summed E-state index contributed by atoms with van der Waals surface area (Å²) in [6, 6.07) is 9.08. The van der Waals surface area contributed by atoms with Crippen molar-refractivity contribution in [1.29, 1.82) is 0 Å². The third kappa shape index (κ3) is 2.79. The van der Waals surface area contributed by atoms with Crippen LogP contribution in [0.3, 0.4) is 0 Å². The van der Waals surface area contributed by atoms with E-state index in [9.17, 15) is 13.2 Å². The third-order valence-corrected chi connectivity index (χ3v) is 4.53. The number of nitrogens with zero attached hydrogens (tertiary/aromatic N) is 3. The molecule has 2 aromatic heterocycles. The Bertz CT molecular complexity index is 918. The van der Waals surface area contributed by atoms with Crippen LogP contribution in [0.25, 0.3) is 5.69 Å². The zero-order valence-corrected chi connectivity index (χ0v) is 13.5. The Morgan fingerprint density at radius 2 is 1.88 bits per heavy atom. The third-order valence-electron chi connectivity index (χ3n) is 4.17. The van der Waals surface area contributed by atoms with Crippen LogP contribution >= 0.6 is 11.6 Å². The first kappa shape index (κ1) is 16.1. The van der Waals surface area contributed by atoms with Crippen LogP contribution in [0, 0.1) is 0 Å². The quantitative estimate of drug-likeness (QED) is 0.706. The van der Waals surface area contributed by atoms with Crippen LogP contribution in [0.5, 0.6) is 0 Å². The summed E-state index contributed by atoms with van der Waals surface area (Å²) in [4.78, 5) is 6.94. The van der Waals surface area contributed by atoms with E-state index < -0.39 is 12.0 Å². The van der Waals surface area contributed by atoms with E-state index in [1.807, 2.05) is 41.1 Å². The van der Waals surface area contributed by atoms with Gasteiger partial charge in [-0.15, -0.1) is 0 Å². The van der Waals surface area contributed by atoms with Gasteiger partial charge in [-0.05, 0) is 24.3 Å². The van der Waals surface area contributed by atoms with E-state index in [0.29, 0.717) is 17.1 Å². The molecule has 25 heavy (non-hydrogen) atoms. The Balaban J connectivity index is 1.78. The Labute approximate surface area is 146 Å². The van der Waals surface area contributed by atoms with E-state index in [-0.39, 0.29) is 6.04 Å². The smallest absolute Gasteiger partial charge is 0.319 e. The lowest BCUT2D eigenvalue weighted by atomic mass is 10.1. The summed E-state index contributed by atoms with van der Waals surface area (Å²) < 4.78 is 40.0. The minimum Gasteiger partial charge on any atom is -0.319 e. The highest BCUT2D eigenvalue weighted by atomic mass is 35.5. The first-order valence-electron chi connectivity index (χ1n) is 7.52. The maximum Gasteiger partial charge on any atom is 0.451 e. The molecule has 1 aliphatic heterocycles. The Morgan fingerprint density at radius 1 is 1.12 bits per heavy atom. The number of aromatic nitrogens is 3. The normalized spacial score (nSPS) is 16.9. The van der Waals surface area contributed by atoms with Crippen molar-refractivity contribution in [1.82, 2.24) is 19.9 Å². The van der Waals surface area contributed by atoms with Crippen molar-refractivity contribution in [3.63, 3.8) is 0 Å². The second-order valence-electron chi connectivity index (χ2n) is 5.69. The van der Waals surface area contributed by atoms with Crippen molar-refractivity contribution in [2.24, 2.45) is 0 Å². The Hall–Kier alpha value is -2.38. The molecule has 0 spiro atoms. The number of hydrogen-bond acceptors (Lipinski definition) is 3.